The molecule has 1 saturated heterocycles. The Morgan fingerprint density at radius 1 is 1.45 bits per heavy atom. The second kappa shape index (κ2) is 3.76. The average molecular weight is 178 g/mol. The fourth-order valence-electron chi connectivity index (χ4n) is 1.18. The summed E-state index contributed by atoms with van der Waals surface area (Å²) in [5, 5.41) is 18.6. The molecular formula is C7H14O3S. The van der Waals surface area contributed by atoms with Crippen molar-refractivity contribution in [1.29, 1.82) is 0 Å². The van der Waals surface area contributed by atoms with Crippen LogP contribution in [0.25, 0.3) is 0 Å². The molecule has 0 aromatic heterocycles. The summed E-state index contributed by atoms with van der Waals surface area (Å²) in [6.45, 7) is 1.77. The first-order valence-electron chi connectivity index (χ1n) is 3.69. The molecule has 11 heavy (non-hydrogen) atoms. The van der Waals surface area contributed by atoms with Crippen molar-refractivity contribution in [3.05, 3.63) is 0 Å². The van der Waals surface area contributed by atoms with E-state index < -0.39 is 12.2 Å². The number of ether oxygens (including phenoxy) is 1. The molecule has 4 heteroatoms. The van der Waals surface area contributed by atoms with Crippen LogP contribution in [0.5, 0.6) is 0 Å². The molecule has 3 nitrogen and oxygen atoms in total. The van der Waals surface area contributed by atoms with Crippen LogP contribution in [0.3, 0.4) is 0 Å². The van der Waals surface area contributed by atoms with Crippen molar-refractivity contribution in [3.63, 3.8) is 0 Å². The third-order valence-electron chi connectivity index (χ3n) is 1.94. The van der Waals surface area contributed by atoms with Crippen LogP contribution in [0.4, 0.5) is 0 Å². The minimum absolute atomic E-state index is 0.0309. The van der Waals surface area contributed by atoms with Crippen LogP contribution in [0, 0.1) is 0 Å². The van der Waals surface area contributed by atoms with E-state index >= 15 is 0 Å². The number of hydrogen-bond acceptors (Lipinski definition) is 4. The van der Waals surface area contributed by atoms with E-state index in [2.05, 4.69) is 0 Å². The fraction of sp³-hybridized carbons (Fsp3) is 1.00. The largest absolute Gasteiger partial charge is 0.390 e. The van der Waals surface area contributed by atoms with E-state index in [1.54, 1.807) is 18.7 Å². The molecule has 0 bridgehead atoms. The zero-order valence-corrected chi connectivity index (χ0v) is 7.54. The van der Waals surface area contributed by atoms with Gasteiger partial charge in [0.15, 0.2) is 0 Å². The van der Waals surface area contributed by atoms with Gasteiger partial charge in [-0.1, -0.05) is 0 Å². The highest BCUT2D eigenvalue weighted by Crippen LogP contribution is 2.25. The fourth-order valence-corrected chi connectivity index (χ4v) is 1.85. The van der Waals surface area contributed by atoms with Crippen molar-refractivity contribution in [2.75, 3.05) is 6.26 Å². The van der Waals surface area contributed by atoms with E-state index in [1.807, 2.05) is 6.26 Å². The highest BCUT2D eigenvalue weighted by atomic mass is 32.2. The molecule has 0 amide bonds. The smallest absolute Gasteiger partial charge is 0.106 e. The molecule has 1 rings (SSSR count). The lowest BCUT2D eigenvalue weighted by atomic mass is 10.0. The van der Waals surface area contributed by atoms with Gasteiger partial charge >= 0.3 is 0 Å². The lowest BCUT2D eigenvalue weighted by Gasteiger charge is -2.34. The van der Waals surface area contributed by atoms with Crippen LogP contribution < -0.4 is 0 Å². The van der Waals surface area contributed by atoms with Crippen molar-refractivity contribution >= 4 is 11.8 Å². The third-order valence-corrected chi connectivity index (χ3v) is 2.77. The topological polar surface area (TPSA) is 49.7 Å². The molecular weight excluding hydrogens is 164 g/mol. The van der Waals surface area contributed by atoms with Gasteiger partial charge < -0.3 is 14.9 Å². The molecule has 0 aliphatic carbocycles. The summed E-state index contributed by atoms with van der Waals surface area (Å²) in [7, 11) is 0. The van der Waals surface area contributed by atoms with Crippen LogP contribution in [0.2, 0.25) is 0 Å². The normalized spacial score (nSPS) is 45.8. The second-order valence-electron chi connectivity index (χ2n) is 2.80. The Balaban J connectivity index is 2.47. The van der Waals surface area contributed by atoms with Crippen LogP contribution in [-0.4, -0.2) is 40.2 Å². The molecule has 0 radical (unpaired) electrons. The first kappa shape index (κ1) is 9.32. The van der Waals surface area contributed by atoms with Gasteiger partial charge in [-0.3, -0.25) is 0 Å². The van der Waals surface area contributed by atoms with Gasteiger partial charge in [0.2, 0.25) is 0 Å². The van der Waals surface area contributed by atoms with E-state index in [0.29, 0.717) is 6.42 Å². The molecule has 2 N–H and O–H groups in total. The van der Waals surface area contributed by atoms with Crippen molar-refractivity contribution in [2.45, 2.75) is 37.1 Å². The van der Waals surface area contributed by atoms with Gasteiger partial charge in [-0.15, -0.1) is 11.8 Å². The summed E-state index contributed by atoms with van der Waals surface area (Å²) < 4.78 is 5.37. The van der Waals surface area contributed by atoms with Crippen LogP contribution in [0.15, 0.2) is 0 Å². The zero-order chi connectivity index (χ0) is 8.43. The zero-order valence-electron chi connectivity index (χ0n) is 6.73. The Morgan fingerprint density at radius 3 is 2.55 bits per heavy atom. The summed E-state index contributed by atoms with van der Waals surface area (Å²) in [5.41, 5.74) is 0.0309. The first-order valence-corrected chi connectivity index (χ1v) is 4.98. The van der Waals surface area contributed by atoms with Crippen molar-refractivity contribution in [3.8, 4) is 0 Å². The SMILES string of the molecule is CS[C@H]1C[C@@H](O)C(O)C(C)O1. The number of rotatable bonds is 1. The van der Waals surface area contributed by atoms with Gasteiger partial charge in [0, 0.05) is 6.42 Å². The Kier molecular flexibility index (Phi) is 3.18. The van der Waals surface area contributed by atoms with Gasteiger partial charge in [-0.05, 0) is 13.2 Å². The number of aliphatic hydroxyl groups excluding tert-OH is 2. The second-order valence-corrected chi connectivity index (χ2v) is 3.80. The quantitative estimate of drug-likeness (QED) is 0.602. The Hall–Kier alpha value is 0.230. The molecule has 4 atom stereocenters. The van der Waals surface area contributed by atoms with Gasteiger partial charge in [0.1, 0.15) is 11.5 Å². The molecule has 1 fully saturated rings. The first-order chi connectivity index (χ1) is 5.15. The summed E-state index contributed by atoms with van der Waals surface area (Å²) in [5.74, 6) is 0. The van der Waals surface area contributed by atoms with Gasteiger partial charge in [0.05, 0.1) is 12.2 Å². The molecule has 1 aliphatic heterocycles. The molecule has 1 aliphatic rings. The summed E-state index contributed by atoms with van der Waals surface area (Å²) >= 11 is 1.56. The van der Waals surface area contributed by atoms with E-state index in [1.165, 1.54) is 0 Å². The number of aliphatic hydroxyl groups is 2. The standard InChI is InChI=1S/C7H14O3S/c1-4-7(9)5(8)3-6(10-4)11-2/h4-9H,3H2,1-2H3/t4?,5-,6+,7?/m1/s1. The van der Waals surface area contributed by atoms with Gasteiger partial charge in [-0.25, -0.2) is 0 Å². The van der Waals surface area contributed by atoms with Crippen molar-refractivity contribution in [1.82, 2.24) is 0 Å². The van der Waals surface area contributed by atoms with E-state index in [9.17, 15) is 10.2 Å². The predicted octanol–water partition coefficient (Wildman–Crippen LogP) is 0.206. The molecule has 1 heterocycles. The number of hydrogen-bond donors (Lipinski definition) is 2. The Bertz CT molecular complexity index is 119. The maximum absolute atomic E-state index is 9.31. The predicted molar refractivity (Wildman–Crippen MR) is 44.5 cm³/mol. The van der Waals surface area contributed by atoms with Crippen LogP contribution >= 0.6 is 11.8 Å². The summed E-state index contributed by atoms with van der Waals surface area (Å²) in [6, 6.07) is 0. The maximum Gasteiger partial charge on any atom is 0.106 e. The maximum atomic E-state index is 9.31. The highest BCUT2D eigenvalue weighted by molar-refractivity contribution is 7.99. The average Bonchev–Trinajstić information content (AvgIpc) is 1.99. The monoisotopic (exact) mass is 178 g/mol. The van der Waals surface area contributed by atoms with Crippen LogP contribution in [-0.2, 0) is 4.74 Å². The minimum atomic E-state index is -0.724. The molecule has 0 saturated carbocycles. The minimum Gasteiger partial charge on any atom is -0.390 e. The van der Waals surface area contributed by atoms with Crippen molar-refractivity contribution < 1.29 is 14.9 Å². The molecule has 0 spiro atoms. The summed E-state index contributed by atoms with van der Waals surface area (Å²) in [4.78, 5) is 0. The third kappa shape index (κ3) is 2.08. The van der Waals surface area contributed by atoms with Gasteiger partial charge in [0.25, 0.3) is 0 Å². The van der Waals surface area contributed by atoms with E-state index in [-0.39, 0.29) is 11.5 Å². The van der Waals surface area contributed by atoms with Crippen molar-refractivity contribution in [2.24, 2.45) is 0 Å². The molecule has 0 aromatic carbocycles. The Labute approximate surface area is 70.7 Å². The lowest BCUT2D eigenvalue weighted by Crippen LogP contribution is -2.45. The van der Waals surface area contributed by atoms with Crippen LogP contribution in [0.1, 0.15) is 13.3 Å². The summed E-state index contributed by atoms with van der Waals surface area (Å²) in [6.07, 6.45) is 0.847. The molecule has 66 valence electrons. The van der Waals surface area contributed by atoms with E-state index in [4.69, 9.17) is 4.74 Å². The highest BCUT2D eigenvalue weighted by Gasteiger charge is 2.33. The molecule has 0 aromatic rings. The number of thioether (sulfide) groups is 1. The lowest BCUT2D eigenvalue weighted by molar-refractivity contribution is -0.137. The van der Waals surface area contributed by atoms with E-state index in [0.717, 1.165) is 0 Å². The van der Waals surface area contributed by atoms with Gasteiger partial charge in [-0.2, -0.15) is 0 Å². The molecule has 2 unspecified atom stereocenters. The Morgan fingerprint density at radius 2 is 2.09 bits per heavy atom.